The van der Waals surface area contributed by atoms with Gasteiger partial charge in [-0.15, -0.1) is 0 Å². The summed E-state index contributed by atoms with van der Waals surface area (Å²) in [5.74, 6) is -0.682. The van der Waals surface area contributed by atoms with Crippen molar-refractivity contribution in [2.75, 3.05) is 20.6 Å². The van der Waals surface area contributed by atoms with E-state index in [-0.39, 0.29) is 5.91 Å². The van der Waals surface area contributed by atoms with Crippen molar-refractivity contribution in [3.05, 3.63) is 71.4 Å². The minimum absolute atomic E-state index is 0.286. The lowest BCUT2D eigenvalue weighted by Crippen LogP contribution is -2.51. The van der Waals surface area contributed by atoms with Gasteiger partial charge < -0.3 is 15.0 Å². The topological polar surface area (TPSA) is 104 Å². The first-order valence-corrected chi connectivity index (χ1v) is 11.8. The standard InChI is InChI=1S/C27H34N4O4/c1-5-8-23(27(33)30-34)25(16-31(3)4)29-26(32)19-11-13-21(14-12-19)35-17-20-15-18(2)28-24-10-7-6-9-22(20)24/h6-7,9-15,23,25,34H,5,8,16-17H2,1-4H3,(H,29,32)(H,30,33). The van der Waals surface area contributed by atoms with E-state index in [1.807, 2.05) is 63.2 Å². The van der Waals surface area contributed by atoms with Crippen molar-refractivity contribution in [3.63, 3.8) is 0 Å². The molecule has 0 bridgehead atoms. The molecule has 2 amide bonds. The number of nitrogens with zero attached hydrogens (tertiary/aromatic N) is 2. The van der Waals surface area contributed by atoms with Gasteiger partial charge in [0.25, 0.3) is 5.91 Å². The normalized spacial score (nSPS) is 12.9. The first-order chi connectivity index (χ1) is 16.8. The molecule has 0 spiro atoms. The van der Waals surface area contributed by atoms with Crippen LogP contribution in [-0.4, -0.2) is 53.6 Å². The van der Waals surface area contributed by atoms with Crippen LogP contribution in [0.3, 0.4) is 0 Å². The van der Waals surface area contributed by atoms with Crippen molar-refractivity contribution in [2.45, 2.75) is 39.3 Å². The molecule has 2 unspecified atom stereocenters. The fourth-order valence-electron chi connectivity index (χ4n) is 4.21. The number of hydrogen-bond donors (Lipinski definition) is 3. The number of aromatic nitrogens is 1. The Bertz CT molecular complexity index is 1150. The fourth-order valence-corrected chi connectivity index (χ4v) is 4.21. The lowest BCUT2D eigenvalue weighted by Gasteiger charge is -2.28. The molecule has 1 heterocycles. The Morgan fingerprint density at radius 3 is 2.49 bits per heavy atom. The molecule has 8 heteroatoms. The van der Waals surface area contributed by atoms with Crippen LogP contribution in [0.15, 0.2) is 54.6 Å². The highest BCUT2D eigenvalue weighted by molar-refractivity contribution is 5.95. The number of para-hydroxylation sites is 1. The van der Waals surface area contributed by atoms with E-state index >= 15 is 0 Å². The molecule has 186 valence electrons. The summed E-state index contributed by atoms with van der Waals surface area (Å²) in [6.07, 6.45) is 1.29. The van der Waals surface area contributed by atoms with Crippen LogP contribution in [0.4, 0.5) is 0 Å². The summed E-state index contributed by atoms with van der Waals surface area (Å²) in [5, 5.41) is 13.2. The number of pyridine rings is 1. The molecular formula is C27H34N4O4. The molecule has 3 N–H and O–H groups in total. The largest absolute Gasteiger partial charge is 0.489 e. The second-order valence-electron chi connectivity index (χ2n) is 8.97. The maximum Gasteiger partial charge on any atom is 0.251 e. The molecule has 35 heavy (non-hydrogen) atoms. The predicted octanol–water partition coefficient (Wildman–Crippen LogP) is 3.70. The fraction of sp³-hybridized carbons (Fsp3) is 0.370. The van der Waals surface area contributed by atoms with Crippen molar-refractivity contribution < 1.29 is 19.5 Å². The van der Waals surface area contributed by atoms with Gasteiger partial charge in [0.2, 0.25) is 5.91 Å². The average molecular weight is 479 g/mol. The lowest BCUT2D eigenvalue weighted by atomic mass is 9.93. The zero-order valence-electron chi connectivity index (χ0n) is 20.7. The molecule has 3 rings (SSSR count). The van der Waals surface area contributed by atoms with E-state index in [9.17, 15) is 9.59 Å². The Hall–Kier alpha value is -3.49. The lowest BCUT2D eigenvalue weighted by molar-refractivity contribution is -0.134. The molecule has 0 saturated heterocycles. The van der Waals surface area contributed by atoms with E-state index in [4.69, 9.17) is 9.94 Å². The van der Waals surface area contributed by atoms with Gasteiger partial charge >= 0.3 is 0 Å². The highest BCUT2D eigenvalue weighted by Crippen LogP contribution is 2.21. The van der Waals surface area contributed by atoms with Gasteiger partial charge in [0, 0.05) is 28.8 Å². The van der Waals surface area contributed by atoms with Crippen LogP contribution in [0, 0.1) is 12.8 Å². The summed E-state index contributed by atoms with van der Waals surface area (Å²) in [6.45, 7) is 4.77. The van der Waals surface area contributed by atoms with Crippen molar-refractivity contribution in [3.8, 4) is 5.75 Å². The van der Waals surface area contributed by atoms with Gasteiger partial charge in [0.15, 0.2) is 0 Å². The van der Waals surface area contributed by atoms with Gasteiger partial charge in [0.1, 0.15) is 12.4 Å². The molecule has 2 aromatic carbocycles. The van der Waals surface area contributed by atoms with E-state index < -0.39 is 17.9 Å². The number of ether oxygens (including phenoxy) is 1. The Morgan fingerprint density at radius 2 is 1.83 bits per heavy atom. The maximum absolute atomic E-state index is 13.0. The second kappa shape index (κ2) is 12.3. The quantitative estimate of drug-likeness (QED) is 0.287. The molecule has 0 aliphatic carbocycles. The van der Waals surface area contributed by atoms with Gasteiger partial charge in [-0.05, 0) is 63.8 Å². The zero-order chi connectivity index (χ0) is 25.4. The Kier molecular flexibility index (Phi) is 9.17. The van der Waals surface area contributed by atoms with Crippen LogP contribution in [-0.2, 0) is 11.4 Å². The second-order valence-corrected chi connectivity index (χ2v) is 8.97. The van der Waals surface area contributed by atoms with Gasteiger partial charge in [-0.25, -0.2) is 5.48 Å². The van der Waals surface area contributed by atoms with Crippen LogP contribution in [0.5, 0.6) is 5.75 Å². The number of aryl methyl sites for hydroxylation is 1. The Morgan fingerprint density at radius 1 is 1.11 bits per heavy atom. The Labute approximate surface area is 206 Å². The molecular weight excluding hydrogens is 444 g/mol. The number of amides is 2. The van der Waals surface area contributed by atoms with Crippen LogP contribution >= 0.6 is 0 Å². The van der Waals surface area contributed by atoms with Crippen molar-refractivity contribution in [1.29, 1.82) is 0 Å². The molecule has 8 nitrogen and oxygen atoms in total. The van der Waals surface area contributed by atoms with Crippen LogP contribution in [0.25, 0.3) is 10.9 Å². The minimum Gasteiger partial charge on any atom is -0.489 e. The third-order valence-electron chi connectivity index (χ3n) is 5.85. The van der Waals surface area contributed by atoms with E-state index in [1.54, 1.807) is 29.7 Å². The average Bonchev–Trinajstić information content (AvgIpc) is 2.84. The zero-order valence-corrected chi connectivity index (χ0v) is 20.7. The van der Waals surface area contributed by atoms with Crippen LogP contribution < -0.4 is 15.5 Å². The number of carbonyl (C=O) groups is 2. The summed E-state index contributed by atoms with van der Waals surface area (Å²) in [6, 6.07) is 16.4. The van der Waals surface area contributed by atoms with E-state index in [0.29, 0.717) is 30.9 Å². The maximum atomic E-state index is 13.0. The molecule has 0 aliphatic rings. The SMILES string of the molecule is CCCC(C(=O)NO)C(CN(C)C)NC(=O)c1ccc(OCc2cc(C)nc3ccccc23)cc1. The number of rotatable bonds is 11. The minimum atomic E-state index is -0.544. The van der Waals surface area contributed by atoms with Gasteiger partial charge in [0.05, 0.1) is 17.5 Å². The highest BCUT2D eigenvalue weighted by Gasteiger charge is 2.29. The highest BCUT2D eigenvalue weighted by atomic mass is 16.5. The number of fused-ring (bicyclic) bond motifs is 1. The number of likely N-dealkylation sites (N-methyl/N-ethyl adjacent to an activating group) is 1. The Balaban J connectivity index is 1.69. The van der Waals surface area contributed by atoms with E-state index in [1.165, 1.54) is 0 Å². The third-order valence-corrected chi connectivity index (χ3v) is 5.85. The van der Waals surface area contributed by atoms with Crippen LogP contribution in [0.2, 0.25) is 0 Å². The molecule has 2 atom stereocenters. The smallest absolute Gasteiger partial charge is 0.251 e. The predicted molar refractivity (Wildman–Crippen MR) is 135 cm³/mol. The van der Waals surface area contributed by atoms with Crippen LogP contribution in [0.1, 0.15) is 41.4 Å². The van der Waals surface area contributed by atoms with Gasteiger partial charge in [-0.2, -0.15) is 0 Å². The summed E-state index contributed by atoms with van der Waals surface area (Å²) < 4.78 is 5.99. The van der Waals surface area contributed by atoms with Crippen molar-refractivity contribution in [2.24, 2.45) is 5.92 Å². The molecule has 0 saturated carbocycles. The molecule has 1 aromatic heterocycles. The van der Waals surface area contributed by atoms with Gasteiger partial charge in [-0.3, -0.25) is 19.8 Å². The number of benzene rings is 2. The first-order valence-electron chi connectivity index (χ1n) is 11.8. The summed E-state index contributed by atoms with van der Waals surface area (Å²) in [4.78, 5) is 31.7. The molecule has 0 fully saturated rings. The van der Waals surface area contributed by atoms with E-state index in [2.05, 4.69) is 10.3 Å². The van der Waals surface area contributed by atoms with Crippen molar-refractivity contribution >= 4 is 22.7 Å². The van der Waals surface area contributed by atoms with Crippen molar-refractivity contribution in [1.82, 2.24) is 20.7 Å². The number of carbonyl (C=O) groups excluding carboxylic acids is 2. The van der Waals surface area contributed by atoms with E-state index in [0.717, 1.165) is 28.6 Å². The van der Waals surface area contributed by atoms with Gasteiger partial charge in [-0.1, -0.05) is 31.5 Å². The third kappa shape index (κ3) is 7.00. The number of hydroxylamine groups is 1. The summed E-state index contributed by atoms with van der Waals surface area (Å²) in [7, 11) is 3.75. The summed E-state index contributed by atoms with van der Waals surface area (Å²) >= 11 is 0. The number of nitrogens with one attached hydrogen (secondary N) is 2. The molecule has 3 aromatic rings. The monoisotopic (exact) mass is 478 g/mol. The number of hydrogen-bond acceptors (Lipinski definition) is 6. The molecule has 0 radical (unpaired) electrons. The first kappa shape index (κ1) is 26.1. The molecule has 0 aliphatic heterocycles. The summed E-state index contributed by atoms with van der Waals surface area (Å²) in [5.41, 5.74) is 5.11.